The predicted octanol–water partition coefficient (Wildman–Crippen LogP) is 17.6. The summed E-state index contributed by atoms with van der Waals surface area (Å²) < 4.78 is 16.7. The zero-order valence-electron chi connectivity index (χ0n) is 42.8. The van der Waals surface area contributed by atoms with Gasteiger partial charge in [-0.15, -0.1) is 0 Å². The third-order valence-electron chi connectivity index (χ3n) is 10.2. The summed E-state index contributed by atoms with van der Waals surface area (Å²) in [5.74, 6) is -1.06. The molecule has 0 aromatic carbocycles. The third kappa shape index (κ3) is 51.7. The minimum atomic E-state index is -0.836. The van der Waals surface area contributed by atoms with Crippen LogP contribution in [0.4, 0.5) is 0 Å². The minimum Gasteiger partial charge on any atom is -0.462 e. The molecule has 0 aromatic rings. The molecule has 1 unspecified atom stereocenters. The molecule has 0 saturated carbocycles. The van der Waals surface area contributed by atoms with Crippen molar-refractivity contribution >= 4 is 17.9 Å². The van der Waals surface area contributed by atoms with Gasteiger partial charge in [0.1, 0.15) is 13.2 Å². The van der Waals surface area contributed by atoms with Crippen molar-refractivity contribution in [2.45, 2.75) is 187 Å². The molecule has 0 radical (unpaired) electrons. The van der Waals surface area contributed by atoms with Crippen molar-refractivity contribution in [2.75, 3.05) is 13.2 Å². The molecule has 0 fully saturated rings. The van der Waals surface area contributed by atoms with Gasteiger partial charge in [-0.3, -0.25) is 14.4 Å². The minimum absolute atomic E-state index is 0.128. The molecule has 68 heavy (non-hydrogen) atoms. The third-order valence-corrected chi connectivity index (χ3v) is 10.2. The van der Waals surface area contributed by atoms with Crippen molar-refractivity contribution in [1.82, 2.24) is 0 Å². The molecule has 0 aliphatic heterocycles. The molecule has 0 aromatic heterocycles. The summed E-state index contributed by atoms with van der Waals surface area (Å²) in [7, 11) is 0. The van der Waals surface area contributed by atoms with Crippen molar-refractivity contribution in [2.24, 2.45) is 0 Å². The van der Waals surface area contributed by atoms with Gasteiger partial charge in [0.05, 0.1) is 0 Å². The van der Waals surface area contributed by atoms with E-state index in [1.165, 1.54) is 19.3 Å². The van der Waals surface area contributed by atoms with E-state index in [4.69, 9.17) is 14.2 Å². The van der Waals surface area contributed by atoms with Crippen molar-refractivity contribution in [3.8, 4) is 0 Å². The molecule has 376 valence electrons. The van der Waals surface area contributed by atoms with Crippen molar-refractivity contribution in [3.63, 3.8) is 0 Å². The largest absolute Gasteiger partial charge is 0.462 e. The highest BCUT2D eigenvalue weighted by Gasteiger charge is 2.19. The second kappa shape index (κ2) is 54.4. The molecule has 0 aliphatic carbocycles. The second-order valence-electron chi connectivity index (χ2n) is 16.6. The topological polar surface area (TPSA) is 78.9 Å². The van der Waals surface area contributed by atoms with E-state index < -0.39 is 6.10 Å². The normalized spacial score (nSPS) is 13.5. The first-order valence-corrected chi connectivity index (χ1v) is 26.3. The first-order chi connectivity index (χ1) is 33.5. The highest BCUT2D eigenvalue weighted by molar-refractivity contribution is 5.71. The maximum atomic E-state index is 12.8. The Kier molecular flexibility index (Phi) is 50.2. The first-order valence-electron chi connectivity index (χ1n) is 26.3. The lowest BCUT2D eigenvalue weighted by Crippen LogP contribution is -2.30. The Balaban J connectivity index is 4.59. The lowest BCUT2D eigenvalue weighted by atomic mass is 10.1. The number of esters is 3. The number of hydrogen-bond donors (Lipinski definition) is 0. The van der Waals surface area contributed by atoms with Crippen LogP contribution in [0.3, 0.4) is 0 Å². The molecular weight excluding hydrogens is 841 g/mol. The fraction of sp³-hybridized carbons (Fsp3) is 0.500. The second-order valence-corrected chi connectivity index (χ2v) is 16.6. The molecule has 0 amide bonds. The average molecular weight is 933 g/mol. The number of carbonyl (C=O) groups excluding carboxylic acids is 3. The van der Waals surface area contributed by atoms with Crippen LogP contribution in [0.5, 0.6) is 0 Å². The summed E-state index contributed by atoms with van der Waals surface area (Å²) in [4.78, 5) is 38.0. The van der Waals surface area contributed by atoms with Gasteiger partial charge in [-0.2, -0.15) is 0 Å². The van der Waals surface area contributed by atoms with E-state index in [2.05, 4.69) is 99.8 Å². The molecule has 6 nitrogen and oxygen atoms in total. The molecule has 0 aliphatic rings. The van der Waals surface area contributed by atoms with E-state index >= 15 is 0 Å². The van der Waals surface area contributed by atoms with Gasteiger partial charge in [0.15, 0.2) is 6.10 Å². The number of carbonyl (C=O) groups is 3. The Morgan fingerprint density at radius 2 is 0.662 bits per heavy atom. The fourth-order valence-corrected chi connectivity index (χ4v) is 6.31. The van der Waals surface area contributed by atoms with Crippen LogP contribution in [0.25, 0.3) is 0 Å². The van der Waals surface area contributed by atoms with Gasteiger partial charge in [0.2, 0.25) is 0 Å². The van der Waals surface area contributed by atoms with Crippen LogP contribution in [-0.4, -0.2) is 37.2 Å². The lowest BCUT2D eigenvalue weighted by Gasteiger charge is -2.18. The Morgan fingerprint density at radius 3 is 1.13 bits per heavy atom. The number of hydrogen-bond acceptors (Lipinski definition) is 6. The van der Waals surface area contributed by atoms with Gasteiger partial charge in [-0.1, -0.05) is 242 Å². The summed E-state index contributed by atoms with van der Waals surface area (Å²) in [6, 6.07) is 0. The van der Waals surface area contributed by atoms with Crippen LogP contribution in [0.15, 0.2) is 170 Å². The summed E-state index contributed by atoms with van der Waals surface area (Å²) in [5.41, 5.74) is 0. The molecular formula is C62H92O6. The predicted molar refractivity (Wildman–Crippen MR) is 292 cm³/mol. The van der Waals surface area contributed by atoms with Gasteiger partial charge in [0.25, 0.3) is 0 Å². The fourth-order valence-electron chi connectivity index (χ4n) is 6.31. The SMILES string of the molecule is CC/C=C/C=C/C=C/C=C/C=C/CCCC(=O)OCC(COC(=O)CCCCCCCC/C=C/C/C=C/C/C=C/C/C=C/CC)OC(=O)CCCCCCC/C=C/C=C/C=C/C=C/C=C/CCC. The van der Waals surface area contributed by atoms with E-state index in [0.29, 0.717) is 12.8 Å². The first kappa shape index (κ1) is 62.8. The maximum absolute atomic E-state index is 12.8. The zero-order valence-corrected chi connectivity index (χ0v) is 42.8. The summed E-state index contributed by atoms with van der Waals surface area (Å²) >= 11 is 0. The zero-order chi connectivity index (χ0) is 49.3. The van der Waals surface area contributed by atoms with Crippen molar-refractivity contribution < 1.29 is 28.6 Å². The van der Waals surface area contributed by atoms with Crippen LogP contribution in [0.2, 0.25) is 0 Å². The van der Waals surface area contributed by atoms with Crippen LogP contribution < -0.4 is 0 Å². The molecule has 0 spiro atoms. The van der Waals surface area contributed by atoms with Gasteiger partial charge in [-0.05, 0) is 89.9 Å². The highest BCUT2D eigenvalue weighted by Crippen LogP contribution is 2.12. The van der Waals surface area contributed by atoms with E-state index in [1.54, 1.807) is 0 Å². The van der Waals surface area contributed by atoms with E-state index in [0.717, 1.165) is 116 Å². The number of ether oxygens (including phenoxy) is 3. The van der Waals surface area contributed by atoms with Crippen LogP contribution in [0, 0.1) is 0 Å². The number of rotatable bonds is 44. The average Bonchev–Trinajstić information content (AvgIpc) is 3.34. The van der Waals surface area contributed by atoms with Gasteiger partial charge < -0.3 is 14.2 Å². The van der Waals surface area contributed by atoms with Crippen LogP contribution in [-0.2, 0) is 28.6 Å². The standard InChI is InChI=1S/C62H92O6/c1-4-7-10-13-16-19-22-25-27-29-31-33-34-37-40-43-46-49-52-55-61(64)67-58-59(57-66-60(63)54-51-48-45-42-39-36-24-21-18-15-12-9-6-3)68-62(65)56-53-50-47-44-41-38-35-32-30-28-26-23-20-17-14-11-8-5-2/h7,9-12,14-21,23-28,30-33,35-36,39,42,45,59H,4-6,8,13,22,29,34,37-38,40-41,43-44,46-58H2,1-3H3/b10-7+,12-9+,14-11+,18-15+,19-16+,20-17+,24-21+,26-23+,27-25+,30-28+,33-31+,35-32+,39-36+,45-42+. The Morgan fingerprint density at radius 1 is 0.324 bits per heavy atom. The van der Waals surface area contributed by atoms with Crippen LogP contribution >= 0.6 is 0 Å². The Hall–Kier alpha value is -5.23. The molecule has 0 N–H and O–H groups in total. The smallest absolute Gasteiger partial charge is 0.306 e. The monoisotopic (exact) mass is 933 g/mol. The molecule has 0 heterocycles. The molecule has 0 bridgehead atoms. The Labute approximate surface area is 415 Å². The maximum Gasteiger partial charge on any atom is 0.306 e. The highest BCUT2D eigenvalue weighted by atomic mass is 16.6. The molecule has 1 atom stereocenters. The van der Waals surface area contributed by atoms with E-state index in [-0.39, 0.29) is 44.0 Å². The number of unbranched alkanes of at least 4 members (excludes halogenated alkanes) is 13. The number of allylic oxidation sites excluding steroid dienone is 28. The Bertz CT molecular complexity index is 1640. The van der Waals surface area contributed by atoms with Crippen molar-refractivity contribution in [1.29, 1.82) is 0 Å². The summed E-state index contributed by atoms with van der Waals surface area (Å²) in [6.07, 6.45) is 80.5. The summed E-state index contributed by atoms with van der Waals surface area (Å²) in [6.45, 7) is 6.16. The summed E-state index contributed by atoms with van der Waals surface area (Å²) in [5, 5.41) is 0. The quantitative estimate of drug-likeness (QED) is 0.0199. The van der Waals surface area contributed by atoms with Crippen molar-refractivity contribution in [3.05, 3.63) is 170 Å². The van der Waals surface area contributed by atoms with Gasteiger partial charge in [0, 0.05) is 19.3 Å². The van der Waals surface area contributed by atoms with Gasteiger partial charge in [-0.25, -0.2) is 0 Å². The molecule has 6 heteroatoms. The lowest BCUT2D eigenvalue weighted by molar-refractivity contribution is -0.167. The van der Waals surface area contributed by atoms with Crippen LogP contribution in [0.1, 0.15) is 181 Å². The molecule has 0 saturated heterocycles. The van der Waals surface area contributed by atoms with E-state index in [1.807, 2.05) is 91.1 Å². The van der Waals surface area contributed by atoms with E-state index in [9.17, 15) is 14.4 Å². The van der Waals surface area contributed by atoms with Gasteiger partial charge >= 0.3 is 17.9 Å². The molecule has 0 rings (SSSR count).